The number of aryl methyl sites for hydroxylation is 1. The zero-order valence-corrected chi connectivity index (χ0v) is 15.6. The van der Waals surface area contributed by atoms with Crippen molar-refractivity contribution in [2.45, 2.75) is 25.3 Å². The summed E-state index contributed by atoms with van der Waals surface area (Å²) < 4.78 is 28.0. The van der Waals surface area contributed by atoms with Crippen LogP contribution in [0.3, 0.4) is 0 Å². The highest BCUT2D eigenvalue weighted by Crippen LogP contribution is 2.25. The van der Waals surface area contributed by atoms with Crippen molar-refractivity contribution in [3.05, 3.63) is 18.0 Å². The first-order valence-electron chi connectivity index (χ1n) is 7.82. The molecular weight excluding hydrogens is 354 g/mol. The van der Waals surface area contributed by atoms with Crippen LogP contribution in [0.5, 0.6) is 0 Å². The summed E-state index contributed by atoms with van der Waals surface area (Å²) in [6, 6.07) is -0.547. The molecule has 0 spiro atoms. The number of hydrogen-bond donors (Lipinski definition) is 3. The lowest BCUT2D eigenvalue weighted by Crippen LogP contribution is -2.40. The van der Waals surface area contributed by atoms with Gasteiger partial charge in [-0.1, -0.05) is 6.42 Å². The van der Waals surface area contributed by atoms with Crippen LogP contribution in [0, 0.1) is 5.92 Å². The molecule has 1 aliphatic carbocycles. The van der Waals surface area contributed by atoms with Crippen molar-refractivity contribution in [3.8, 4) is 0 Å². The van der Waals surface area contributed by atoms with Crippen LogP contribution in [0.1, 0.15) is 30.9 Å². The maximum Gasteiger partial charge on any atom is 0.241 e. The largest absolute Gasteiger partial charge is 0.353 e. The van der Waals surface area contributed by atoms with Gasteiger partial charge in [-0.3, -0.25) is 9.48 Å². The minimum atomic E-state index is -3.34. The molecule has 1 heterocycles. The van der Waals surface area contributed by atoms with Crippen LogP contribution in [0.25, 0.3) is 0 Å². The number of carbonyl (C=O) groups is 1. The van der Waals surface area contributed by atoms with Gasteiger partial charge >= 0.3 is 0 Å². The molecule has 0 aliphatic heterocycles. The Bertz CT molecular complexity index is 630. The predicted octanol–water partition coefficient (Wildman–Crippen LogP) is -0.0619. The summed E-state index contributed by atoms with van der Waals surface area (Å²) in [5, 5.41) is 9.59. The van der Waals surface area contributed by atoms with Gasteiger partial charge in [0.2, 0.25) is 15.9 Å². The molecule has 0 aromatic carbocycles. The molecule has 1 amide bonds. The number of aromatic nitrogens is 2. The number of nitrogens with one attached hydrogen (secondary N) is 3. The first kappa shape index (κ1) is 20.9. The van der Waals surface area contributed by atoms with E-state index in [0.29, 0.717) is 12.5 Å². The van der Waals surface area contributed by atoms with E-state index in [1.165, 1.54) is 6.42 Å². The van der Waals surface area contributed by atoms with Gasteiger partial charge in [-0.2, -0.15) is 5.10 Å². The summed E-state index contributed by atoms with van der Waals surface area (Å²) in [7, 11) is 0.104. The molecule has 3 N–H and O–H groups in total. The Morgan fingerprint density at radius 1 is 1.46 bits per heavy atom. The molecule has 24 heavy (non-hydrogen) atoms. The average molecular weight is 380 g/mol. The summed E-state index contributed by atoms with van der Waals surface area (Å²) in [4.78, 5) is 12.2. The molecule has 10 heteroatoms. The summed E-state index contributed by atoms with van der Waals surface area (Å²) in [6.45, 7) is 0.586. The normalized spacial score (nSPS) is 16.1. The second-order valence-electron chi connectivity index (χ2n) is 5.92. The molecule has 0 bridgehead atoms. The summed E-state index contributed by atoms with van der Waals surface area (Å²) >= 11 is 0. The fraction of sp³-hybridized carbons (Fsp3) is 0.714. The lowest BCUT2D eigenvalue weighted by Gasteiger charge is -2.25. The third-order valence-electron chi connectivity index (χ3n) is 4.10. The van der Waals surface area contributed by atoms with Gasteiger partial charge in [0.25, 0.3) is 0 Å². The van der Waals surface area contributed by atoms with Crippen LogP contribution >= 0.6 is 12.4 Å². The van der Waals surface area contributed by atoms with Crippen molar-refractivity contribution in [1.82, 2.24) is 25.1 Å². The molecule has 1 aliphatic rings. The van der Waals surface area contributed by atoms with Crippen LogP contribution in [0.4, 0.5) is 0 Å². The number of amides is 1. The second-order valence-corrected chi connectivity index (χ2v) is 7.85. The first-order valence-corrected chi connectivity index (χ1v) is 9.47. The van der Waals surface area contributed by atoms with Gasteiger partial charge in [0, 0.05) is 31.9 Å². The molecule has 1 aromatic rings. The highest BCUT2D eigenvalue weighted by atomic mass is 35.5. The van der Waals surface area contributed by atoms with Gasteiger partial charge in [0.1, 0.15) is 6.04 Å². The lowest BCUT2D eigenvalue weighted by molar-refractivity contribution is -0.123. The maximum absolute atomic E-state index is 12.2. The molecular formula is C14H26ClN5O3S. The molecule has 8 nitrogen and oxygen atoms in total. The molecule has 0 radical (unpaired) electrons. The Morgan fingerprint density at radius 2 is 2.17 bits per heavy atom. The number of sulfonamides is 1. The van der Waals surface area contributed by atoms with E-state index in [9.17, 15) is 13.2 Å². The van der Waals surface area contributed by atoms with E-state index in [0.717, 1.165) is 18.4 Å². The Morgan fingerprint density at radius 3 is 2.67 bits per heavy atom. The van der Waals surface area contributed by atoms with E-state index in [4.69, 9.17) is 0 Å². The highest BCUT2D eigenvalue weighted by molar-refractivity contribution is 7.89. The summed E-state index contributed by atoms with van der Waals surface area (Å²) in [5.74, 6) is 0.0860. The molecule has 1 saturated carbocycles. The molecule has 1 fully saturated rings. The van der Waals surface area contributed by atoms with Crippen molar-refractivity contribution in [2.75, 3.05) is 25.9 Å². The lowest BCUT2D eigenvalue weighted by atomic mass is 9.86. The molecule has 2 rings (SSSR count). The third-order valence-corrected chi connectivity index (χ3v) is 5.44. The second kappa shape index (κ2) is 9.36. The van der Waals surface area contributed by atoms with Crippen molar-refractivity contribution < 1.29 is 13.2 Å². The average Bonchev–Trinajstić information content (AvgIpc) is 2.84. The van der Waals surface area contributed by atoms with Gasteiger partial charge < -0.3 is 10.6 Å². The van der Waals surface area contributed by atoms with E-state index in [-0.39, 0.29) is 30.6 Å². The molecule has 138 valence electrons. The Hall–Kier alpha value is -1.16. The van der Waals surface area contributed by atoms with Crippen LogP contribution in [-0.2, 0) is 21.9 Å². The molecule has 1 atom stereocenters. The number of likely N-dealkylation sites (N-methyl/N-ethyl adjacent to an activating group) is 1. The Kier molecular flexibility index (Phi) is 8.14. The molecule has 1 unspecified atom stereocenters. The first-order chi connectivity index (χ1) is 10.9. The minimum Gasteiger partial charge on any atom is -0.353 e. The van der Waals surface area contributed by atoms with E-state index in [1.807, 2.05) is 0 Å². The standard InChI is InChI=1S/C14H25N5O3S.ClH/c1-15-13(12-9-17-19(2)10-12)14(20)16-6-7-23(21,22)18-8-11-4-3-5-11;/h9-11,13,15,18H,3-8H2,1-2H3,(H,16,20);1H. The molecule has 0 saturated heterocycles. The topological polar surface area (TPSA) is 105 Å². The van der Waals surface area contributed by atoms with Crippen LogP contribution in [-0.4, -0.2) is 50.0 Å². The minimum absolute atomic E-state index is 0. The zero-order valence-electron chi connectivity index (χ0n) is 14.0. The van der Waals surface area contributed by atoms with Crippen molar-refractivity contribution in [2.24, 2.45) is 13.0 Å². The SMILES string of the molecule is CNC(C(=O)NCCS(=O)(=O)NCC1CCC1)c1cnn(C)c1.Cl. The van der Waals surface area contributed by atoms with Crippen molar-refractivity contribution >= 4 is 28.3 Å². The predicted molar refractivity (Wildman–Crippen MR) is 94.4 cm³/mol. The smallest absolute Gasteiger partial charge is 0.241 e. The summed E-state index contributed by atoms with van der Waals surface area (Å²) in [6.07, 6.45) is 6.72. The highest BCUT2D eigenvalue weighted by Gasteiger charge is 2.22. The van der Waals surface area contributed by atoms with E-state index >= 15 is 0 Å². The number of carbonyl (C=O) groups excluding carboxylic acids is 1. The Labute approximate surface area is 149 Å². The van der Waals surface area contributed by atoms with Crippen LogP contribution in [0.15, 0.2) is 12.4 Å². The molecule has 1 aromatic heterocycles. The van der Waals surface area contributed by atoms with E-state index < -0.39 is 16.1 Å². The van der Waals surface area contributed by atoms with Crippen LogP contribution in [0.2, 0.25) is 0 Å². The third kappa shape index (κ3) is 6.04. The van der Waals surface area contributed by atoms with Gasteiger partial charge in [0.05, 0.1) is 11.9 Å². The van der Waals surface area contributed by atoms with Gasteiger partial charge in [0.15, 0.2) is 0 Å². The van der Waals surface area contributed by atoms with E-state index in [1.54, 1.807) is 31.2 Å². The maximum atomic E-state index is 12.2. The zero-order chi connectivity index (χ0) is 16.9. The summed E-state index contributed by atoms with van der Waals surface area (Å²) in [5.41, 5.74) is 0.735. The van der Waals surface area contributed by atoms with Crippen LogP contribution < -0.4 is 15.4 Å². The van der Waals surface area contributed by atoms with Gasteiger partial charge in [-0.15, -0.1) is 12.4 Å². The van der Waals surface area contributed by atoms with Crippen molar-refractivity contribution in [1.29, 1.82) is 0 Å². The Balaban J connectivity index is 0.00000288. The van der Waals surface area contributed by atoms with Gasteiger partial charge in [-0.05, 0) is 25.8 Å². The fourth-order valence-corrected chi connectivity index (χ4v) is 3.47. The number of halogens is 1. The quantitative estimate of drug-likeness (QED) is 0.557. The van der Waals surface area contributed by atoms with Crippen molar-refractivity contribution in [3.63, 3.8) is 0 Å². The van der Waals surface area contributed by atoms with E-state index in [2.05, 4.69) is 20.5 Å². The number of rotatable bonds is 9. The van der Waals surface area contributed by atoms with Gasteiger partial charge in [-0.25, -0.2) is 13.1 Å². The monoisotopic (exact) mass is 379 g/mol. The number of nitrogens with zero attached hydrogens (tertiary/aromatic N) is 2. The fourth-order valence-electron chi connectivity index (χ4n) is 2.46. The number of hydrogen-bond acceptors (Lipinski definition) is 5.